The number of rotatable bonds is 3. The molecule has 5 atom stereocenters. The van der Waals surface area contributed by atoms with E-state index in [1.807, 2.05) is 6.07 Å². The first-order valence-electron chi connectivity index (χ1n) is 7.49. The van der Waals surface area contributed by atoms with Gasteiger partial charge in [-0.25, -0.2) is 9.50 Å². The second kappa shape index (κ2) is 5.96. The van der Waals surface area contributed by atoms with E-state index in [9.17, 15) is 20.3 Å². The van der Waals surface area contributed by atoms with E-state index in [1.165, 1.54) is 30.9 Å². The van der Waals surface area contributed by atoms with Crippen molar-refractivity contribution in [2.24, 2.45) is 5.92 Å². The van der Waals surface area contributed by atoms with Crippen molar-refractivity contribution < 1.29 is 24.5 Å². The minimum Gasteiger partial charge on any atom is -0.469 e. The van der Waals surface area contributed by atoms with E-state index < -0.39 is 35.8 Å². The van der Waals surface area contributed by atoms with Crippen LogP contribution in [0.1, 0.15) is 12.6 Å². The van der Waals surface area contributed by atoms with Gasteiger partial charge in [-0.3, -0.25) is 4.79 Å². The Hall–Kier alpha value is -2.74. The predicted octanol–water partition coefficient (Wildman–Crippen LogP) is -1.04. The van der Waals surface area contributed by atoms with Crippen LogP contribution < -0.4 is 5.73 Å². The Bertz CT molecular complexity index is 862. The van der Waals surface area contributed by atoms with Crippen LogP contribution in [0.25, 0.3) is 5.52 Å². The number of fused-ring (bicyclic) bond motifs is 1. The monoisotopic (exact) mass is 347 g/mol. The van der Waals surface area contributed by atoms with Crippen LogP contribution in [0.15, 0.2) is 18.5 Å². The number of anilines is 1. The predicted molar refractivity (Wildman–Crippen MR) is 82.8 cm³/mol. The number of nitriles is 1. The van der Waals surface area contributed by atoms with Gasteiger partial charge < -0.3 is 25.4 Å². The van der Waals surface area contributed by atoms with Gasteiger partial charge in [-0.1, -0.05) is 0 Å². The van der Waals surface area contributed by atoms with Crippen molar-refractivity contribution in [2.45, 2.75) is 30.8 Å². The van der Waals surface area contributed by atoms with Crippen molar-refractivity contribution in [2.75, 3.05) is 12.8 Å². The number of nitrogens with two attached hydrogens (primary N) is 1. The summed E-state index contributed by atoms with van der Waals surface area (Å²) in [5.41, 5.74) is 4.44. The van der Waals surface area contributed by atoms with Gasteiger partial charge in [0, 0.05) is 0 Å². The van der Waals surface area contributed by atoms with E-state index >= 15 is 0 Å². The maximum atomic E-state index is 11.8. The highest BCUT2D eigenvalue weighted by Gasteiger charge is 2.59. The Morgan fingerprint density at radius 2 is 2.28 bits per heavy atom. The summed E-state index contributed by atoms with van der Waals surface area (Å²) < 4.78 is 11.7. The molecule has 10 heteroatoms. The quantitative estimate of drug-likeness (QED) is 0.590. The van der Waals surface area contributed by atoms with Crippen LogP contribution in [-0.2, 0) is 19.9 Å². The van der Waals surface area contributed by atoms with Gasteiger partial charge in [-0.05, 0) is 19.1 Å². The lowest BCUT2D eigenvalue weighted by Gasteiger charge is -2.24. The summed E-state index contributed by atoms with van der Waals surface area (Å²) >= 11 is 0. The van der Waals surface area contributed by atoms with E-state index in [4.69, 9.17) is 10.5 Å². The zero-order valence-corrected chi connectivity index (χ0v) is 13.5. The molecule has 10 nitrogen and oxygen atoms in total. The van der Waals surface area contributed by atoms with Crippen molar-refractivity contribution in [3.63, 3.8) is 0 Å². The second-order valence-corrected chi connectivity index (χ2v) is 5.84. The van der Waals surface area contributed by atoms with Crippen molar-refractivity contribution in [3.05, 3.63) is 24.2 Å². The molecule has 0 amide bonds. The lowest BCUT2D eigenvalue weighted by Crippen LogP contribution is -2.41. The number of nitrogens with zero attached hydrogens (tertiary/aromatic N) is 4. The Balaban J connectivity index is 2.10. The summed E-state index contributed by atoms with van der Waals surface area (Å²) in [6, 6.07) is 4.98. The van der Waals surface area contributed by atoms with E-state index in [0.717, 1.165) is 0 Å². The van der Waals surface area contributed by atoms with E-state index in [0.29, 0.717) is 5.52 Å². The van der Waals surface area contributed by atoms with Crippen LogP contribution in [0.5, 0.6) is 0 Å². The second-order valence-electron chi connectivity index (χ2n) is 5.84. The molecule has 2 aromatic rings. The molecule has 0 saturated carbocycles. The number of carbonyl (C=O) groups is 1. The normalized spacial score (nSPS) is 30.1. The molecule has 4 N–H and O–H groups in total. The van der Waals surface area contributed by atoms with Crippen LogP contribution in [0, 0.1) is 17.2 Å². The van der Waals surface area contributed by atoms with Gasteiger partial charge in [0.2, 0.25) is 5.60 Å². The van der Waals surface area contributed by atoms with Gasteiger partial charge in [-0.15, -0.1) is 0 Å². The molecule has 0 bridgehead atoms. The largest absolute Gasteiger partial charge is 0.469 e. The summed E-state index contributed by atoms with van der Waals surface area (Å²) in [5.74, 6) is -1.34. The van der Waals surface area contributed by atoms with E-state index in [1.54, 1.807) is 6.07 Å². The first kappa shape index (κ1) is 17.1. The van der Waals surface area contributed by atoms with Gasteiger partial charge in [0.05, 0.1) is 18.7 Å². The number of hydrogen-bond donors (Lipinski definition) is 3. The van der Waals surface area contributed by atoms with Gasteiger partial charge in [-0.2, -0.15) is 10.4 Å². The van der Waals surface area contributed by atoms with Gasteiger partial charge in [0.1, 0.15) is 36.2 Å². The van der Waals surface area contributed by atoms with Crippen LogP contribution >= 0.6 is 0 Å². The molecular weight excluding hydrogens is 330 g/mol. The zero-order chi connectivity index (χ0) is 18.4. The third-order valence-corrected chi connectivity index (χ3v) is 4.49. The molecule has 3 heterocycles. The number of nitrogen functional groups attached to an aromatic ring is 1. The number of aromatic nitrogens is 3. The highest BCUT2D eigenvalue weighted by molar-refractivity contribution is 5.73. The van der Waals surface area contributed by atoms with E-state index in [-0.39, 0.29) is 11.5 Å². The number of aliphatic hydroxyl groups is 2. The van der Waals surface area contributed by atoms with Crippen molar-refractivity contribution in [3.8, 4) is 6.07 Å². The maximum Gasteiger partial charge on any atom is 0.311 e. The standard InChI is InChI=1S/C15H17N5O5/c1-7(14(23)24-2)11-10(21)12(22)15(5-16,25-11)9-4-3-8-13(17)18-6-19-20(8)9/h3-4,6-7,10-12,21-22H,1-2H3,(H2,17,18,19)/t7?,10-,11-,12-,15+/m1/s1. The molecule has 0 radical (unpaired) electrons. The Labute approximate surface area is 142 Å². The highest BCUT2D eigenvalue weighted by Crippen LogP contribution is 2.42. The summed E-state index contributed by atoms with van der Waals surface area (Å²) in [7, 11) is 1.20. The smallest absolute Gasteiger partial charge is 0.311 e. The fraction of sp³-hybridized carbons (Fsp3) is 0.467. The molecule has 25 heavy (non-hydrogen) atoms. The number of ether oxygens (including phenoxy) is 2. The topological polar surface area (TPSA) is 156 Å². The number of carbonyl (C=O) groups excluding carboxylic acids is 1. The number of aliphatic hydroxyl groups excluding tert-OH is 2. The third-order valence-electron chi connectivity index (χ3n) is 4.49. The summed E-state index contributed by atoms with van der Waals surface area (Å²) in [5, 5.41) is 34.7. The van der Waals surface area contributed by atoms with Crippen LogP contribution in [-0.4, -0.2) is 56.2 Å². The fourth-order valence-electron chi connectivity index (χ4n) is 3.09. The highest BCUT2D eigenvalue weighted by atomic mass is 16.6. The first-order valence-corrected chi connectivity index (χ1v) is 7.49. The maximum absolute atomic E-state index is 11.8. The van der Waals surface area contributed by atoms with Crippen molar-refractivity contribution >= 4 is 17.3 Å². The summed E-state index contributed by atoms with van der Waals surface area (Å²) in [6.07, 6.45) is -3.02. The molecule has 1 fully saturated rings. The molecule has 2 aromatic heterocycles. The van der Waals surface area contributed by atoms with Crippen LogP contribution in [0.4, 0.5) is 5.82 Å². The van der Waals surface area contributed by atoms with Crippen LogP contribution in [0.3, 0.4) is 0 Å². The van der Waals surface area contributed by atoms with Gasteiger partial charge in [0.25, 0.3) is 0 Å². The van der Waals surface area contributed by atoms with Crippen molar-refractivity contribution in [1.82, 2.24) is 14.6 Å². The molecule has 0 aliphatic carbocycles. The molecule has 0 spiro atoms. The number of methoxy groups -OCH3 is 1. The SMILES string of the molecule is COC(=O)C(C)[C@H]1O[C@@](C#N)(c2ccc3c(N)ncnn23)[C@H](O)[C@@H]1O. The molecular formula is C15H17N5O5. The molecule has 3 rings (SSSR count). The van der Waals surface area contributed by atoms with Gasteiger partial charge in [0.15, 0.2) is 5.82 Å². The van der Waals surface area contributed by atoms with Crippen molar-refractivity contribution in [1.29, 1.82) is 5.26 Å². The molecule has 132 valence electrons. The summed E-state index contributed by atoms with van der Waals surface area (Å²) in [4.78, 5) is 15.6. The molecule has 1 saturated heterocycles. The minimum atomic E-state index is -1.93. The molecule has 1 aliphatic rings. The number of hydrogen-bond acceptors (Lipinski definition) is 9. The summed E-state index contributed by atoms with van der Waals surface area (Å²) in [6.45, 7) is 1.48. The van der Waals surface area contributed by atoms with Crippen LogP contribution in [0.2, 0.25) is 0 Å². The molecule has 0 aromatic carbocycles. The fourth-order valence-corrected chi connectivity index (χ4v) is 3.09. The van der Waals surface area contributed by atoms with Gasteiger partial charge >= 0.3 is 5.97 Å². The zero-order valence-electron chi connectivity index (χ0n) is 13.5. The lowest BCUT2D eigenvalue weighted by atomic mass is 9.90. The first-order chi connectivity index (χ1) is 11.9. The van der Waals surface area contributed by atoms with E-state index in [2.05, 4.69) is 14.8 Å². The molecule has 1 unspecified atom stereocenters. The Morgan fingerprint density at radius 3 is 2.92 bits per heavy atom. The minimum absolute atomic E-state index is 0.171. The lowest BCUT2D eigenvalue weighted by molar-refractivity contribution is -0.153. The molecule has 1 aliphatic heterocycles. The Kier molecular flexibility index (Phi) is 4.08. The Morgan fingerprint density at radius 1 is 1.56 bits per heavy atom. The average Bonchev–Trinajstić information content (AvgIpc) is 3.16. The number of esters is 1. The third kappa shape index (κ3) is 2.32. The average molecular weight is 347 g/mol.